The lowest BCUT2D eigenvalue weighted by Gasteiger charge is -2.19. The lowest BCUT2D eigenvalue weighted by molar-refractivity contribution is 0.479. The van der Waals surface area contributed by atoms with Gasteiger partial charge in [-0.15, -0.1) is 0 Å². The number of hydrogen-bond acceptors (Lipinski definition) is 4. The highest BCUT2D eigenvalue weighted by atomic mass is 35.5. The number of hydrogen-bond donors (Lipinski definition) is 1. The SMILES string of the molecule is Clc1ccc(C(NCc2cnc(N3CCCC3)nc2)C2CC2)cc1. The van der Waals surface area contributed by atoms with E-state index in [1.54, 1.807) is 0 Å². The summed E-state index contributed by atoms with van der Waals surface area (Å²) in [5.41, 5.74) is 2.45. The highest BCUT2D eigenvalue weighted by Crippen LogP contribution is 2.41. The van der Waals surface area contributed by atoms with Gasteiger partial charge in [0, 0.05) is 48.7 Å². The smallest absolute Gasteiger partial charge is 0.225 e. The van der Waals surface area contributed by atoms with E-state index in [9.17, 15) is 0 Å². The summed E-state index contributed by atoms with van der Waals surface area (Å²) in [7, 11) is 0. The Hall–Kier alpha value is -1.65. The first-order valence-corrected chi connectivity index (χ1v) is 9.22. The Morgan fingerprint density at radius 3 is 2.38 bits per heavy atom. The van der Waals surface area contributed by atoms with E-state index in [2.05, 4.69) is 32.3 Å². The van der Waals surface area contributed by atoms with Crippen molar-refractivity contribution in [3.63, 3.8) is 0 Å². The lowest BCUT2D eigenvalue weighted by atomic mass is 10.0. The third-order valence-corrected chi connectivity index (χ3v) is 5.18. The predicted octanol–water partition coefficient (Wildman–Crippen LogP) is 3.97. The summed E-state index contributed by atoms with van der Waals surface area (Å²) in [5, 5.41) is 4.48. The van der Waals surface area contributed by atoms with Crippen LogP contribution in [0.15, 0.2) is 36.7 Å². The first-order valence-electron chi connectivity index (χ1n) is 8.84. The van der Waals surface area contributed by atoms with E-state index >= 15 is 0 Å². The molecule has 4 rings (SSSR count). The molecule has 1 unspecified atom stereocenters. The minimum absolute atomic E-state index is 0.389. The number of aromatic nitrogens is 2. The van der Waals surface area contributed by atoms with Crippen LogP contribution in [0.4, 0.5) is 5.95 Å². The van der Waals surface area contributed by atoms with Crippen molar-refractivity contribution in [3.8, 4) is 0 Å². The van der Waals surface area contributed by atoms with Gasteiger partial charge in [0.1, 0.15) is 0 Å². The molecule has 1 aliphatic heterocycles. The first kappa shape index (κ1) is 15.9. The summed E-state index contributed by atoms with van der Waals surface area (Å²) in [4.78, 5) is 11.3. The fourth-order valence-corrected chi connectivity index (χ4v) is 3.53. The number of nitrogens with one attached hydrogen (secondary N) is 1. The summed E-state index contributed by atoms with van der Waals surface area (Å²) >= 11 is 6.01. The minimum atomic E-state index is 0.389. The van der Waals surface area contributed by atoms with Gasteiger partial charge in [-0.05, 0) is 49.3 Å². The third kappa shape index (κ3) is 3.70. The molecule has 1 aliphatic carbocycles. The van der Waals surface area contributed by atoms with Gasteiger partial charge in [-0.1, -0.05) is 23.7 Å². The van der Waals surface area contributed by atoms with Gasteiger partial charge in [0.15, 0.2) is 0 Å². The van der Waals surface area contributed by atoms with Crippen LogP contribution in [0.2, 0.25) is 5.02 Å². The molecule has 1 atom stereocenters. The van der Waals surface area contributed by atoms with E-state index in [0.29, 0.717) is 6.04 Å². The zero-order valence-electron chi connectivity index (χ0n) is 13.8. The Balaban J connectivity index is 1.39. The largest absolute Gasteiger partial charge is 0.341 e. The van der Waals surface area contributed by atoms with Crippen LogP contribution in [0.1, 0.15) is 42.9 Å². The number of rotatable bonds is 6. The van der Waals surface area contributed by atoms with Gasteiger partial charge in [0.2, 0.25) is 5.95 Å². The van der Waals surface area contributed by atoms with Crippen molar-refractivity contribution in [2.75, 3.05) is 18.0 Å². The zero-order chi connectivity index (χ0) is 16.4. The van der Waals surface area contributed by atoms with E-state index in [1.807, 2.05) is 24.5 Å². The second-order valence-electron chi connectivity index (χ2n) is 6.83. The highest BCUT2D eigenvalue weighted by molar-refractivity contribution is 6.30. The summed E-state index contributed by atoms with van der Waals surface area (Å²) < 4.78 is 0. The Kier molecular flexibility index (Phi) is 4.67. The Morgan fingerprint density at radius 2 is 1.75 bits per heavy atom. The average molecular weight is 343 g/mol. The fraction of sp³-hybridized carbons (Fsp3) is 0.474. The first-order chi connectivity index (χ1) is 11.8. The molecule has 1 N–H and O–H groups in total. The van der Waals surface area contributed by atoms with Crippen LogP contribution in [0.5, 0.6) is 0 Å². The van der Waals surface area contributed by atoms with Crippen LogP contribution in [0, 0.1) is 5.92 Å². The molecule has 4 nitrogen and oxygen atoms in total. The summed E-state index contributed by atoms with van der Waals surface area (Å²) in [6.07, 6.45) is 9.00. The Morgan fingerprint density at radius 1 is 1.08 bits per heavy atom. The molecule has 0 bridgehead atoms. The highest BCUT2D eigenvalue weighted by Gasteiger charge is 2.31. The molecular formula is C19H23ClN4. The maximum atomic E-state index is 6.01. The van der Waals surface area contributed by atoms with E-state index < -0.39 is 0 Å². The van der Waals surface area contributed by atoms with Crippen molar-refractivity contribution < 1.29 is 0 Å². The van der Waals surface area contributed by atoms with E-state index in [1.165, 1.54) is 31.2 Å². The minimum Gasteiger partial charge on any atom is -0.341 e. The van der Waals surface area contributed by atoms with Crippen molar-refractivity contribution >= 4 is 17.5 Å². The average Bonchev–Trinajstić information content (AvgIpc) is 3.30. The van der Waals surface area contributed by atoms with Crippen molar-refractivity contribution in [2.24, 2.45) is 5.92 Å². The van der Waals surface area contributed by atoms with Crippen LogP contribution in [0.3, 0.4) is 0 Å². The van der Waals surface area contributed by atoms with E-state index in [-0.39, 0.29) is 0 Å². The Bertz CT molecular complexity index is 661. The zero-order valence-corrected chi connectivity index (χ0v) is 14.5. The van der Waals surface area contributed by atoms with Crippen molar-refractivity contribution in [1.82, 2.24) is 15.3 Å². The van der Waals surface area contributed by atoms with Gasteiger partial charge >= 0.3 is 0 Å². The summed E-state index contributed by atoms with van der Waals surface area (Å²) in [5.74, 6) is 1.60. The number of nitrogens with zero attached hydrogens (tertiary/aromatic N) is 3. The molecule has 2 aliphatic rings. The van der Waals surface area contributed by atoms with Crippen LogP contribution in [-0.4, -0.2) is 23.1 Å². The van der Waals surface area contributed by atoms with Crippen LogP contribution >= 0.6 is 11.6 Å². The predicted molar refractivity (Wildman–Crippen MR) is 97.2 cm³/mol. The van der Waals surface area contributed by atoms with Crippen LogP contribution in [-0.2, 0) is 6.54 Å². The van der Waals surface area contributed by atoms with Crippen LogP contribution < -0.4 is 10.2 Å². The molecule has 2 heterocycles. The van der Waals surface area contributed by atoms with E-state index in [0.717, 1.165) is 42.1 Å². The number of benzene rings is 1. The molecule has 24 heavy (non-hydrogen) atoms. The molecule has 1 saturated heterocycles. The summed E-state index contributed by atoms with van der Waals surface area (Å²) in [6, 6.07) is 8.60. The molecular weight excluding hydrogens is 320 g/mol. The van der Waals surface area contributed by atoms with Gasteiger partial charge in [0.25, 0.3) is 0 Å². The topological polar surface area (TPSA) is 41.1 Å². The number of anilines is 1. The third-order valence-electron chi connectivity index (χ3n) is 4.93. The number of halogens is 1. The van der Waals surface area contributed by atoms with Crippen molar-refractivity contribution in [1.29, 1.82) is 0 Å². The maximum absolute atomic E-state index is 6.01. The molecule has 2 fully saturated rings. The van der Waals surface area contributed by atoms with Gasteiger partial charge in [-0.3, -0.25) is 0 Å². The molecule has 1 aromatic heterocycles. The van der Waals surface area contributed by atoms with Gasteiger partial charge < -0.3 is 10.2 Å². The summed E-state index contributed by atoms with van der Waals surface area (Å²) in [6.45, 7) is 2.96. The molecule has 5 heteroatoms. The molecule has 1 aromatic carbocycles. The molecule has 0 amide bonds. The maximum Gasteiger partial charge on any atom is 0.225 e. The molecule has 126 valence electrons. The van der Waals surface area contributed by atoms with Crippen molar-refractivity contribution in [2.45, 2.75) is 38.3 Å². The normalized spacial score (nSPS) is 18.8. The Labute approximate surface area is 148 Å². The standard InChI is InChI=1S/C19H23ClN4/c20-17-7-5-16(6-8-17)18(15-3-4-15)21-11-14-12-22-19(23-13-14)24-9-1-2-10-24/h5-8,12-13,15,18,21H,1-4,9-11H2. The monoisotopic (exact) mass is 342 g/mol. The van der Waals surface area contributed by atoms with E-state index in [4.69, 9.17) is 11.6 Å². The fourth-order valence-electron chi connectivity index (χ4n) is 3.40. The van der Waals surface area contributed by atoms with Crippen LogP contribution in [0.25, 0.3) is 0 Å². The molecule has 2 aromatic rings. The van der Waals surface area contributed by atoms with Gasteiger partial charge in [-0.25, -0.2) is 9.97 Å². The lowest BCUT2D eigenvalue weighted by Crippen LogP contribution is -2.23. The second-order valence-corrected chi connectivity index (χ2v) is 7.27. The van der Waals surface area contributed by atoms with Crippen molar-refractivity contribution in [3.05, 3.63) is 52.8 Å². The quantitative estimate of drug-likeness (QED) is 0.862. The second kappa shape index (κ2) is 7.08. The molecule has 0 spiro atoms. The van der Waals surface area contributed by atoms with Gasteiger partial charge in [-0.2, -0.15) is 0 Å². The van der Waals surface area contributed by atoms with Gasteiger partial charge in [0.05, 0.1) is 0 Å². The molecule has 1 saturated carbocycles. The molecule has 0 radical (unpaired) electrons.